The van der Waals surface area contributed by atoms with E-state index in [0.717, 1.165) is 25.3 Å². The predicted molar refractivity (Wildman–Crippen MR) is 67.6 cm³/mol. The molecule has 0 amide bonds. The van der Waals surface area contributed by atoms with Gasteiger partial charge < -0.3 is 9.88 Å². The summed E-state index contributed by atoms with van der Waals surface area (Å²) < 4.78 is 1.92. The summed E-state index contributed by atoms with van der Waals surface area (Å²) in [6.07, 6.45) is 2.56. The first kappa shape index (κ1) is 12.3. The van der Waals surface area contributed by atoms with Crippen LogP contribution in [0.2, 0.25) is 0 Å². The summed E-state index contributed by atoms with van der Waals surface area (Å²) in [5.74, 6) is 0.974. The second-order valence-electron chi connectivity index (χ2n) is 4.09. The van der Waals surface area contributed by atoms with Gasteiger partial charge in [-0.1, -0.05) is 12.1 Å². The van der Waals surface area contributed by atoms with Crippen LogP contribution in [0.5, 0.6) is 0 Å². The second kappa shape index (κ2) is 5.94. The van der Waals surface area contributed by atoms with E-state index in [1.807, 2.05) is 35.9 Å². The minimum absolute atomic E-state index is 0.692. The van der Waals surface area contributed by atoms with E-state index in [9.17, 15) is 0 Å². The molecule has 0 aliphatic carbocycles. The van der Waals surface area contributed by atoms with Gasteiger partial charge >= 0.3 is 0 Å². The molecule has 0 aliphatic heterocycles. The average Bonchev–Trinajstić information content (AvgIpc) is 2.81. The predicted octanol–water partition coefficient (Wildman–Crippen LogP) is 1.02. The minimum atomic E-state index is 0.692. The van der Waals surface area contributed by atoms with Crippen LogP contribution in [0.1, 0.15) is 17.0 Å². The van der Waals surface area contributed by atoms with Crippen LogP contribution in [-0.4, -0.2) is 21.3 Å². The molecule has 1 aromatic carbocycles. The van der Waals surface area contributed by atoms with Crippen LogP contribution in [0, 0.1) is 11.3 Å². The van der Waals surface area contributed by atoms with Crippen molar-refractivity contribution in [3.05, 3.63) is 47.5 Å². The van der Waals surface area contributed by atoms with E-state index in [-0.39, 0.29) is 0 Å². The highest BCUT2D eigenvalue weighted by atomic mass is 15.2. The second-order valence-corrected chi connectivity index (χ2v) is 4.09. The quantitative estimate of drug-likeness (QED) is 0.794. The van der Waals surface area contributed by atoms with Crippen molar-refractivity contribution in [1.82, 2.24) is 20.1 Å². The maximum Gasteiger partial charge on any atom is 0.133 e. The molecule has 0 fully saturated rings. The molecule has 18 heavy (non-hydrogen) atoms. The van der Waals surface area contributed by atoms with Gasteiger partial charge in [0.2, 0.25) is 0 Å². The Hall–Kier alpha value is -2.19. The van der Waals surface area contributed by atoms with E-state index in [4.69, 9.17) is 5.26 Å². The molecule has 1 heterocycles. The standard InChI is InChI=1S/C13H15N5/c1-18-10-16-17-13(18)6-7-15-9-12-4-2-11(8-14)3-5-12/h2-5,10,15H,6-7,9H2,1H3. The smallest absolute Gasteiger partial charge is 0.133 e. The normalized spacial score (nSPS) is 10.2. The van der Waals surface area contributed by atoms with Gasteiger partial charge in [-0.05, 0) is 17.7 Å². The van der Waals surface area contributed by atoms with Crippen molar-refractivity contribution in [2.75, 3.05) is 6.54 Å². The summed E-state index contributed by atoms with van der Waals surface area (Å²) in [6, 6.07) is 9.71. The molecule has 92 valence electrons. The van der Waals surface area contributed by atoms with Gasteiger partial charge in [0, 0.05) is 26.6 Å². The fourth-order valence-corrected chi connectivity index (χ4v) is 1.66. The lowest BCUT2D eigenvalue weighted by molar-refractivity contribution is 0.654. The van der Waals surface area contributed by atoms with Crippen LogP contribution >= 0.6 is 0 Å². The lowest BCUT2D eigenvalue weighted by atomic mass is 10.1. The zero-order valence-corrected chi connectivity index (χ0v) is 10.3. The lowest BCUT2D eigenvalue weighted by Gasteiger charge is -2.04. The Morgan fingerprint density at radius 2 is 2.11 bits per heavy atom. The van der Waals surface area contributed by atoms with Gasteiger partial charge in [0.15, 0.2) is 0 Å². The molecule has 0 atom stereocenters. The van der Waals surface area contributed by atoms with Crippen molar-refractivity contribution in [2.24, 2.45) is 7.05 Å². The van der Waals surface area contributed by atoms with Gasteiger partial charge in [-0.3, -0.25) is 0 Å². The van der Waals surface area contributed by atoms with Crippen LogP contribution in [0.3, 0.4) is 0 Å². The van der Waals surface area contributed by atoms with Crippen LogP contribution in [0.4, 0.5) is 0 Å². The van der Waals surface area contributed by atoms with Crippen LogP contribution in [-0.2, 0) is 20.0 Å². The van der Waals surface area contributed by atoms with E-state index in [2.05, 4.69) is 21.6 Å². The van der Waals surface area contributed by atoms with E-state index >= 15 is 0 Å². The molecule has 5 nitrogen and oxygen atoms in total. The zero-order valence-electron chi connectivity index (χ0n) is 10.3. The topological polar surface area (TPSA) is 66.5 Å². The SMILES string of the molecule is Cn1cnnc1CCNCc1ccc(C#N)cc1. The Balaban J connectivity index is 1.75. The molecule has 0 saturated heterocycles. The first-order valence-electron chi connectivity index (χ1n) is 5.82. The van der Waals surface area contributed by atoms with Crippen molar-refractivity contribution < 1.29 is 0 Å². The highest BCUT2D eigenvalue weighted by Gasteiger charge is 1.99. The molecule has 0 unspecified atom stereocenters. The molecule has 0 bridgehead atoms. The van der Waals surface area contributed by atoms with E-state index in [1.165, 1.54) is 5.56 Å². The Kier molecular flexibility index (Phi) is 4.05. The van der Waals surface area contributed by atoms with Gasteiger partial charge in [0.05, 0.1) is 11.6 Å². The van der Waals surface area contributed by atoms with Gasteiger partial charge in [-0.25, -0.2) is 0 Å². The fourth-order valence-electron chi connectivity index (χ4n) is 1.66. The highest BCUT2D eigenvalue weighted by molar-refractivity contribution is 5.31. The van der Waals surface area contributed by atoms with Crippen molar-refractivity contribution in [3.63, 3.8) is 0 Å². The van der Waals surface area contributed by atoms with Crippen molar-refractivity contribution in [2.45, 2.75) is 13.0 Å². The summed E-state index contributed by atoms with van der Waals surface area (Å²) in [5.41, 5.74) is 1.87. The summed E-state index contributed by atoms with van der Waals surface area (Å²) in [6.45, 7) is 1.65. The Morgan fingerprint density at radius 1 is 1.33 bits per heavy atom. The third-order valence-corrected chi connectivity index (χ3v) is 2.74. The monoisotopic (exact) mass is 241 g/mol. The summed E-state index contributed by atoms with van der Waals surface area (Å²) >= 11 is 0. The first-order chi connectivity index (χ1) is 8.79. The van der Waals surface area contributed by atoms with E-state index in [1.54, 1.807) is 6.33 Å². The average molecular weight is 241 g/mol. The molecule has 2 rings (SSSR count). The molecule has 2 aromatic rings. The van der Waals surface area contributed by atoms with Crippen molar-refractivity contribution in [1.29, 1.82) is 5.26 Å². The molecule has 0 saturated carbocycles. The molecular formula is C13H15N5. The third-order valence-electron chi connectivity index (χ3n) is 2.74. The molecule has 5 heteroatoms. The fraction of sp³-hybridized carbons (Fsp3) is 0.308. The highest BCUT2D eigenvalue weighted by Crippen LogP contribution is 2.02. The molecular weight excluding hydrogens is 226 g/mol. The Labute approximate surface area is 106 Å². The van der Waals surface area contributed by atoms with E-state index in [0.29, 0.717) is 5.56 Å². The summed E-state index contributed by atoms with van der Waals surface area (Å²) in [4.78, 5) is 0. The lowest BCUT2D eigenvalue weighted by Crippen LogP contribution is -2.18. The number of aromatic nitrogens is 3. The maximum absolute atomic E-state index is 8.69. The first-order valence-corrected chi connectivity index (χ1v) is 5.82. The molecule has 0 radical (unpaired) electrons. The van der Waals surface area contributed by atoms with Gasteiger partial charge in [0.25, 0.3) is 0 Å². The van der Waals surface area contributed by atoms with Gasteiger partial charge in [-0.15, -0.1) is 10.2 Å². The number of nitrogens with zero attached hydrogens (tertiary/aromatic N) is 4. The van der Waals surface area contributed by atoms with Gasteiger partial charge in [-0.2, -0.15) is 5.26 Å². The number of nitriles is 1. The maximum atomic E-state index is 8.69. The van der Waals surface area contributed by atoms with Crippen molar-refractivity contribution >= 4 is 0 Å². The summed E-state index contributed by atoms with van der Waals surface area (Å²) in [5, 5.41) is 19.9. The number of benzene rings is 1. The minimum Gasteiger partial charge on any atom is -0.321 e. The summed E-state index contributed by atoms with van der Waals surface area (Å²) in [7, 11) is 1.94. The Morgan fingerprint density at radius 3 is 2.72 bits per heavy atom. The van der Waals surface area contributed by atoms with Crippen LogP contribution < -0.4 is 5.32 Å². The Bertz CT molecular complexity index is 535. The largest absolute Gasteiger partial charge is 0.321 e. The van der Waals surface area contributed by atoms with Crippen molar-refractivity contribution in [3.8, 4) is 6.07 Å². The third kappa shape index (κ3) is 3.15. The molecule has 0 aliphatic rings. The van der Waals surface area contributed by atoms with Crippen LogP contribution in [0.25, 0.3) is 0 Å². The number of hydrogen-bond donors (Lipinski definition) is 1. The molecule has 0 spiro atoms. The van der Waals surface area contributed by atoms with E-state index < -0.39 is 0 Å². The zero-order chi connectivity index (χ0) is 12.8. The number of rotatable bonds is 5. The van der Waals surface area contributed by atoms with Crippen LogP contribution in [0.15, 0.2) is 30.6 Å². The van der Waals surface area contributed by atoms with Gasteiger partial charge in [0.1, 0.15) is 12.2 Å². The number of aryl methyl sites for hydroxylation is 1. The molecule has 1 N–H and O–H groups in total. The number of nitrogens with one attached hydrogen (secondary N) is 1. The number of hydrogen-bond acceptors (Lipinski definition) is 4. The molecule has 1 aromatic heterocycles.